The molecule has 0 aliphatic carbocycles. The van der Waals surface area contributed by atoms with Crippen molar-refractivity contribution in [2.24, 2.45) is 0 Å². The smallest absolute Gasteiger partial charge is 0.212 e. The van der Waals surface area contributed by atoms with Gasteiger partial charge < -0.3 is 0 Å². The second kappa shape index (κ2) is 6.17. The second-order valence-corrected chi connectivity index (χ2v) is 8.46. The molecule has 1 aromatic carbocycles. The summed E-state index contributed by atoms with van der Waals surface area (Å²) in [4.78, 5) is 0. The largest absolute Gasteiger partial charge is 0.215 e. The van der Waals surface area contributed by atoms with E-state index in [0.717, 1.165) is 24.8 Å². The summed E-state index contributed by atoms with van der Waals surface area (Å²) in [5, 5.41) is 0. The molecule has 0 aromatic heterocycles. The summed E-state index contributed by atoms with van der Waals surface area (Å²) in [5.41, 5.74) is 1.03. The number of hydrogen-bond donors (Lipinski definition) is 0. The van der Waals surface area contributed by atoms with Crippen LogP contribution in [0.1, 0.15) is 51.0 Å². The zero-order valence-electron chi connectivity index (χ0n) is 13.2. The lowest BCUT2D eigenvalue weighted by Crippen LogP contribution is -2.14. The van der Waals surface area contributed by atoms with E-state index in [1.54, 1.807) is 4.31 Å². The Hall–Kier alpha value is -1.13. The molecule has 2 fully saturated rings. The highest BCUT2D eigenvalue weighted by molar-refractivity contribution is 7.89. The van der Waals surface area contributed by atoms with Gasteiger partial charge in [-0.2, -0.15) is 4.31 Å². The highest BCUT2D eigenvalue weighted by Gasteiger charge is 2.70. The van der Waals surface area contributed by atoms with Gasteiger partial charge >= 0.3 is 0 Å². The van der Waals surface area contributed by atoms with E-state index in [9.17, 15) is 8.42 Å². The molecule has 120 valence electrons. The van der Waals surface area contributed by atoms with Crippen molar-refractivity contribution in [3.8, 4) is 0 Å². The molecule has 0 bridgehead atoms. The highest BCUT2D eigenvalue weighted by atomic mass is 32.2. The van der Waals surface area contributed by atoms with Gasteiger partial charge in [0.1, 0.15) is 0 Å². The van der Waals surface area contributed by atoms with E-state index in [1.165, 1.54) is 19.3 Å². The molecule has 22 heavy (non-hydrogen) atoms. The normalized spacial score (nSPS) is 32.2. The minimum Gasteiger partial charge on any atom is -0.212 e. The van der Waals surface area contributed by atoms with Crippen LogP contribution >= 0.6 is 0 Å². The third-order valence-electron chi connectivity index (χ3n) is 5.00. The third-order valence-corrected chi connectivity index (χ3v) is 6.91. The molecule has 2 heterocycles. The molecule has 1 unspecified atom stereocenters. The molecule has 2 saturated heterocycles. The van der Waals surface area contributed by atoms with E-state index < -0.39 is 10.0 Å². The molecule has 0 spiro atoms. The lowest BCUT2D eigenvalue weighted by atomic mass is 9.93. The van der Waals surface area contributed by atoms with Crippen molar-refractivity contribution in [2.75, 3.05) is 5.75 Å². The average Bonchev–Trinajstić information content (AvgIpc) is 3.09. The van der Waals surface area contributed by atoms with Crippen LogP contribution in [-0.2, 0) is 10.0 Å². The van der Waals surface area contributed by atoms with E-state index in [0.29, 0.717) is 5.75 Å². The first-order valence-electron chi connectivity index (χ1n) is 8.36. The third kappa shape index (κ3) is 2.86. The maximum Gasteiger partial charge on any atom is 0.215 e. The summed E-state index contributed by atoms with van der Waals surface area (Å²) in [5.74, 6) is 0.330. The average molecular weight is 319 g/mol. The molecule has 3 nitrogen and oxygen atoms in total. The van der Waals surface area contributed by atoms with Gasteiger partial charge in [-0.05, 0) is 18.4 Å². The Kier molecular flexibility index (Phi) is 4.42. The highest BCUT2D eigenvalue weighted by Crippen LogP contribution is 2.56. The van der Waals surface area contributed by atoms with Crippen LogP contribution in [0.4, 0.5) is 0 Å². The number of nitrogens with zero attached hydrogens (tertiary/aromatic N) is 1. The Morgan fingerprint density at radius 2 is 2.00 bits per heavy atom. The standard InChI is InChI=1S/C18H25NO2S/c1-2-3-4-8-13-18-14-15-22(20,21)19(18)17(18)12-11-16-9-6-5-7-10-16/h5-7,9-12,17H,2-4,8,13-15H2,1H3/b12-11+/t17-,18-,19?/m1/s1. The fourth-order valence-corrected chi connectivity index (χ4v) is 5.96. The molecule has 1 aromatic rings. The van der Waals surface area contributed by atoms with Crippen molar-refractivity contribution in [1.29, 1.82) is 0 Å². The Bertz CT molecular complexity index is 638. The Balaban J connectivity index is 1.70. The molecule has 0 N–H and O–H groups in total. The van der Waals surface area contributed by atoms with E-state index in [-0.39, 0.29) is 11.6 Å². The first-order valence-corrected chi connectivity index (χ1v) is 9.96. The van der Waals surface area contributed by atoms with Crippen LogP contribution in [0.3, 0.4) is 0 Å². The van der Waals surface area contributed by atoms with Gasteiger partial charge in [0.2, 0.25) is 10.0 Å². The van der Waals surface area contributed by atoms with Gasteiger partial charge in [0.25, 0.3) is 0 Å². The maximum absolute atomic E-state index is 12.2. The number of hydrogen-bond acceptors (Lipinski definition) is 2. The number of sulfonamides is 1. The predicted octanol–water partition coefficient (Wildman–Crippen LogP) is 3.83. The Morgan fingerprint density at radius 1 is 1.23 bits per heavy atom. The van der Waals surface area contributed by atoms with Crippen LogP contribution in [-0.4, -0.2) is 30.1 Å². The van der Waals surface area contributed by atoms with Crippen molar-refractivity contribution in [3.63, 3.8) is 0 Å². The topological polar surface area (TPSA) is 37.1 Å². The van der Waals surface area contributed by atoms with Gasteiger partial charge in [0, 0.05) is 0 Å². The summed E-state index contributed by atoms with van der Waals surface area (Å²) >= 11 is 0. The summed E-state index contributed by atoms with van der Waals surface area (Å²) in [7, 11) is -3.02. The monoisotopic (exact) mass is 319 g/mol. The zero-order valence-corrected chi connectivity index (χ0v) is 14.1. The van der Waals surface area contributed by atoms with Crippen molar-refractivity contribution in [2.45, 2.75) is 57.0 Å². The summed E-state index contributed by atoms with van der Waals surface area (Å²) in [6.07, 6.45) is 10.8. The number of unbranched alkanes of at least 4 members (excludes halogenated alkanes) is 3. The lowest BCUT2D eigenvalue weighted by molar-refractivity contribution is 0.470. The number of benzene rings is 1. The minimum atomic E-state index is -3.02. The quantitative estimate of drug-likeness (QED) is 0.566. The van der Waals surface area contributed by atoms with E-state index >= 15 is 0 Å². The Labute approximate surface area is 134 Å². The molecule has 2 aliphatic heterocycles. The molecule has 4 heteroatoms. The van der Waals surface area contributed by atoms with Gasteiger partial charge in [0.15, 0.2) is 0 Å². The summed E-state index contributed by atoms with van der Waals surface area (Å²) in [6, 6.07) is 10.2. The van der Waals surface area contributed by atoms with Crippen LogP contribution < -0.4 is 0 Å². The van der Waals surface area contributed by atoms with Crippen molar-refractivity contribution < 1.29 is 8.42 Å². The first-order chi connectivity index (χ1) is 10.6. The molecule has 0 amide bonds. The molecular formula is C18H25NO2S. The molecule has 3 rings (SSSR count). The van der Waals surface area contributed by atoms with Crippen LogP contribution in [0.5, 0.6) is 0 Å². The van der Waals surface area contributed by atoms with Crippen molar-refractivity contribution in [1.82, 2.24) is 4.31 Å². The van der Waals surface area contributed by atoms with Crippen LogP contribution in [0.2, 0.25) is 0 Å². The van der Waals surface area contributed by atoms with Crippen LogP contribution in [0.25, 0.3) is 6.08 Å². The molecule has 0 saturated carbocycles. The van der Waals surface area contributed by atoms with Gasteiger partial charge in [-0.3, -0.25) is 0 Å². The van der Waals surface area contributed by atoms with Gasteiger partial charge in [0.05, 0.1) is 17.3 Å². The summed E-state index contributed by atoms with van der Waals surface area (Å²) in [6.45, 7) is 2.20. The fourth-order valence-electron chi connectivity index (χ4n) is 3.75. The van der Waals surface area contributed by atoms with Gasteiger partial charge in [-0.1, -0.05) is 75.1 Å². The maximum atomic E-state index is 12.2. The minimum absolute atomic E-state index is 0.0769. The van der Waals surface area contributed by atoms with E-state index in [4.69, 9.17) is 0 Å². The zero-order chi connectivity index (χ0) is 15.6. The SMILES string of the molecule is CCCCCC[C@]12CCS(=O)(=O)N1[C@@H]2/C=C/c1ccccc1. The van der Waals surface area contributed by atoms with Crippen LogP contribution in [0.15, 0.2) is 36.4 Å². The van der Waals surface area contributed by atoms with E-state index in [2.05, 4.69) is 19.1 Å². The van der Waals surface area contributed by atoms with E-state index in [1.807, 2.05) is 30.3 Å². The number of fused-ring (bicyclic) bond motifs is 1. The van der Waals surface area contributed by atoms with Crippen molar-refractivity contribution in [3.05, 3.63) is 42.0 Å². The summed E-state index contributed by atoms with van der Waals surface area (Å²) < 4.78 is 26.2. The molecule has 3 atom stereocenters. The predicted molar refractivity (Wildman–Crippen MR) is 91.0 cm³/mol. The molecular weight excluding hydrogens is 294 g/mol. The molecule has 0 radical (unpaired) electrons. The fraction of sp³-hybridized carbons (Fsp3) is 0.556. The van der Waals surface area contributed by atoms with Gasteiger partial charge in [-0.15, -0.1) is 0 Å². The Morgan fingerprint density at radius 3 is 2.73 bits per heavy atom. The first kappa shape index (κ1) is 15.8. The molecule has 2 aliphatic rings. The second-order valence-electron chi connectivity index (χ2n) is 6.49. The number of rotatable bonds is 7. The van der Waals surface area contributed by atoms with Crippen molar-refractivity contribution >= 4 is 16.1 Å². The van der Waals surface area contributed by atoms with Gasteiger partial charge in [-0.25, -0.2) is 8.42 Å². The van der Waals surface area contributed by atoms with Crippen LogP contribution in [0, 0.1) is 0 Å². The lowest BCUT2D eigenvalue weighted by Gasteiger charge is -2.09.